The van der Waals surface area contributed by atoms with Gasteiger partial charge in [-0.15, -0.1) is 0 Å². The molecule has 1 unspecified atom stereocenters. The summed E-state index contributed by atoms with van der Waals surface area (Å²) < 4.78 is 0. The average molecular weight is 158 g/mol. The van der Waals surface area contributed by atoms with E-state index in [9.17, 15) is 9.59 Å². The predicted molar refractivity (Wildman–Crippen MR) is 41.2 cm³/mol. The lowest BCUT2D eigenvalue weighted by Gasteiger charge is -2.07. The number of aliphatic hydroxyl groups is 1. The van der Waals surface area contributed by atoms with Gasteiger partial charge in [0.15, 0.2) is 0 Å². The van der Waals surface area contributed by atoms with Gasteiger partial charge in [-0.25, -0.2) is 0 Å². The van der Waals surface area contributed by atoms with Crippen molar-refractivity contribution in [2.45, 2.75) is 26.7 Å². The maximum Gasteiger partial charge on any atom is 0.135 e. The van der Waals surface area contributed by atoms with Crippen molar-refractivity contribution in [3.05, 3.63) is 0 Å². The average Bonchev–Trinajstić information content (AvgIpc) is 1.87. The van der Waals surface area contributed by atoms with Crippen molar-refractivity contribution in [2.75, 3.05) is 6.61 Å². The van der Waals surface area contributed by atoms with Crippen molar-refractivity contribution >= 4 is 11.6 Å². The lowest BCUT2D eigenvalue weighted by molar-refractivity contribution is -0.122. The first-order chi connectivity index (χ1) is 5.07. The molecule has 0 aliphatic heterocycles. The fourth-order valence-electron chi connectivity index (χ4n) is 0.801. The van der Waals surface area contributed by atoms with Gasteiger partial charge in [-0.2, -0.15) is 0 Å². The van der Waals surface area contributed by atoms with Gasteiger partial charge in [-0.1, -0.05) is 0 Å². The van der Waals surface area contributed by atoms with Crippen LogP contribution in [0.1, 0.15) is 26.7 Å². The molecular formula is C8H14O3. The highest BCUT2D eigenvalue weighted by atomic mass is 16.3. The molecule has 0 aliphatic rings. The summed E-state index contributed by atoms with van der Waals surface area (Å²) in [4.78, 5) is 21.2. The summed E-state index contributed by atoms with van der Waals surface area (Å²) in [6, 6.07) is 0. The van der Waals surface area contributed by atoms with Gasteiger partial charge in [-0.3, -0.25) is 4.79 Å². The number of aliphatic hydroxyl groups excluding tert-OH is 1. The molecule has 0 fully saturated rings. The van der Waals surface area contributed by atoms with Crippen molar-refractivity contribution in [1.82, 2.24) is 0 Å². The summed E-state index contributed by atoms with van der Waals surface area (Å²) in [5, 5.41) is 8.68. The van der Waals surface area contributed by atoms with Crippen LogP contribution >= 0.6 is 0 Å². The van der Waals surface area contributed by atoms with E-state index in [1.54, 1.807) is 0 Å². The maximum absolute atomic E-state index is 10.7. The lowest BCUT2D eigenvalue weighted by Crippen LogP contribution is -2.16. The van der Waals surface area contributed by atoms with Crippen molar-refractivity contribution in [3.8, 4) is 0 Å². The van der Waals surface area contributed by atoms with Crippen LogP contribution in [0, 0.1) is 5.92 Å². The van der Waals surface area contributed by atoms with E-state index in [-0.39, 0.29) is 24.1 Å². The van der Waals surface area contributed by atoms with Gasteiger partial charge >= 0.3 is 0 Å². The Morgan fingerprint density at radius 2 is 1.91 bits per heavy atom. The third kappa shape index (κ3) is 4.67. The normalized spacial score (nSPS) is 12.6. The van der Waals surface area contributed by atoms with Gasteiger partial charge in [-0.05, 0) is 20.3 Å². The predicted octanol–water partition coefficient (Wildman–Crippen LogP) is 0.553. The molecule has 0 amide bonds. The van der Waals surface area contributed by atoms with E-state index in [0.29, 0.717) is 12.8 Å². The summed E-state index contributed by atoms with van der Waals surface area (Å²) in [6.45, 7) is 2.76. The van der Waals surface area contributed by atoms with Gasteiger partial charge in [0, 0.05) is 12.3 Å². The highest BCUT2D eigenvalue weighted by Gasteiger charge is 2.12. The smallest absolute Gasteiger partial charge is 0.135 e. The highest BCUT2D eigenvalue weighted by molar-refractivity contribution is 5.80. The van der Waals surface area contributed by atoms with Crippen LogP contribution in [0.4, 0.5) is 0 Å². The number of hydrogen-bond acceptors (Lipinski definition) is 3. The first-order valence-corrected chi connectivity index (χ1v) is 3.68. The Morgan fingerprint density at radius 3 is 2.18 bits per heavy atom. The summed E-state index contributed by atoms with van der Waals surface area (Å²) in [6.07, 6.45) is 0.853. The van der Waals surface area contributed by atoms with Crippen LogP contribution in [0.25, 0.3) is 0 Å². The molecule has 11 heavy (non-hydrogen) atoms. The number of Topliss-reactive ketones (excluding diaryl/α,β-unsaturated/α-hetero) is 2. The SMILES string of the molecule is CC(=O)CCC(CO)C(C)=O. The molecule has 0 radical (unpaired) electrons. The van der Waals surface area contributed by atoms with Gasteiger partial charge in [0.1, 0.15) is 11.6 Å². The number of carbonyl (C=O) groups excluding carboxylic acids is 2. The largest absolute Gasteiger partial charge is 0.396 e. The number of carbonyl (C=O) groups is 2. The van der Waals surface area contributed by atoms with Crippen LogP contribution in [0.5, 0.6) is 0 Å². The molecule has 3 heteroatoms. The molecule has 0 aromatic carbocycles. The molecule has 0 rings (SSSR count). The van der Waals surface area contributed by atoms with Crippen LogP contribution in [0.2, 0.25) is 0 Å². The molecule has 64 valence electrons. The first kappa shape index (κ1) is 10.3. The zero-order valence-corrected chi connectivity index (χ0v) is 6.96. The summed E-state index contributed by atoms with van der Waals surface area (Å²) in [7, 11) is 0. The minimum absolute atomic E-state index is 0.0475. The van der Waals surface area contributed by atoms with E-state index >= 15 is 0 Å². The minimum atomic E-state index is -0.348. The Kier molecular flexibility index (Phi) is 4.70. The molecule has 1 atom stereocenters. The van der Waals surface area contributed by atoms with Gasteiger partial charge in [0.05, 0.1) is 6.61 Å². The minimum Gasteiger partial charge on any atom is -0.396 e. The second kappa shape index (κ2) is 5.02. The van der Waals surface area contributed by atoms with E-state index in [1.165, 1.54) is 13.8 Å². The zero-order valence-electron chi connectivity index (χ0n) is 6.96. The number of ketones is 2. The van der Waals surface area contributed by atoms with Crippen molar-refractivity contribution in [3.63, 3.8) is 0 Å². The monoisotopic (exact) mass is 158 g/mol. The van der Waals surface area contributed by atoms with Gasteiger partial charge in [0.25, 0.3) is 0 Å². The standard InChI is InChI=1S/C8H14O3/c1-6(10)3-4-8(5-9)7(2)11/h8-9H,3-5H2,1-2H3. The molecule has 1 N–H and O–H groups in total. The Balaban J connectivity index is 3.70. The molecule has 0 saturated heterocycles. The Labute approximate surface area is 66.4 Å². The zero-order chi connectivity index (χ0) is 8.85. The van der Waals surface area contributed by atoms with Crippen LogP contribution < -0.4 is 0 Å². The molecule has 0 bridgehead atoms. The molecule has 0 spiro atoms. The molecule has 0 heterocycles. The van der Waals surface area contributed by atoms with E-state index < -0.39 is 0 Å². The van der Waals surface area contributed by atoms with E-state index in [4.69, 9.17) is 5.11 Å². The molecule has 3 nitrogen and oxygen atoms in total. The lowest BCUT2D eigenvalue weighted by atomic mass is 9.99. The first-order valence-electron chi connectivity index (χ1n) is 3.68. The summed E-state index contributed by atoms with van der Waals surface area (Å²) in [5.41, 5.74) is 0. The second-order valence-electron chi connectivity index (χ2n) is 2.73. The van der Waals surface area contributed by atoms with E-state index in [2.05, 4.69) is 0 Å². The van der Waals surface area contributed by atoms with E-state index in [0.717, 1.165) is 0 Å². The van der Waals surface area contributed by atoms with Crippen molar-refractivity contribution in [1.29, 1.82) is 0 Å². The van der Waals surface area contributed by atoms with E-state index in [1.807, 2.05) is 0 Å². The molecule has 0 saturated carbocycles. The topological polar surface area (TPSA) is 54.4 Å². The number of hydrogen-bond donors (Lipinski definition) is 1. The fourth-order valence-corrected chi connectivity index (χ4v) is 0.801. The summed E-state index contributed by atoms with van der Waals surface area (Å²) in [5.74, 6) is -0.336. The molecular weight excluding hydrogens is 144 g/mol. The van der Waals surface area contributed by atoms with Crippen molar-refractivity contribution in [2.24, 2.45) is 5.92 Å². The third-order valence-corrected chi connectivity index (χ3v) is 1.64. The van der Waals surface area contributed by atoms with Gasteiger partial charge < -0.3 is 9.90 Å². The van der Waals surface area contributed by atoms with Crippen LogP contribution in [0.15, 0.2) is 0 Å². The van der Waals surface area contributed by atoms with Crippen molar-refractivity contribution < 1.29 is 14.7 Å². The Bertz CT molecular complexity index is 151. The quantitative estimate of drug-likeness (QED) is 0.635. The molecule has 0 aliphatic carbocycles. The Morgan fingerprint density at radius 1 is 1.36 bits per heavy atom. The number of rotatable bonds is 5. The van der Waals surface area contributed by atoms with Crippen LogP contribution in [-0.4, -0.2) is 23.3 Å². The summed E-state index contributed by atoms with van der Waals surface area (Å²) >= 11 is 0. The van der Waals surface area contributed by atoms with Crippen LogP contribution in [0.3, 0.4) is 0 Å². The second-order valence-corrected chi connectivity index (χ2v) is 2.73. The maximum atomic E-state index is 10.7. The molecule has 0 aromatic heterocycles. The third-order valence-electron chi connectivity index (χ3n) is 1.64. The van der Waals surface area contributed by atoms with Crippen LogP contribution in [-0.2, 0) is 9.59 Å². The molecule has 0 aromatic rings. The Hall–Kier alpha value is -0.700. The highest BCUT2D eigenvalue weighted by Crippen LogP contribution is 2.06. The van der Waals surface area contributed by atoms with Gasteiger partial charge in [0.2, 0.25) is 0 Å². The fraction of sp³-hybridized carbons (Fsp3) is 0.750.